The van der Waals surface area contributed by atoms with Gasteiger partial charge in [0.25, 0.3) is 0 Å². The van der Waals surface area contributed by atoms with Crippen LogP contribution in [0, 0.1) is 0 Å². The topological polar surface area (TPSA) is 23.5 Å². The predicted molar refractivity (Wildman–Crippen MR) is 78.7 cm³/mol. The molecular formula is C16H22ClNO. The molecule has 0 spiro atoms. The number of nitrogens with zero attached hydrogens (tertiary/aromatic N) is 1. The summed E-state index contributed by atoms with van der Waals surface area (Å²) in [5.41, 5.74) is 1.78. The van der Waals surface area contributed by atoms with Crippen molar-refractivity contribution in [3.8, 4) is 0 Å². The zero-order chi connectivity index (χ0) is 13.3. The molecule has 1 saturated heterocycles. The third kappa shape index (κ3) is 2.81. The lowest BCUT2D eigenvalue weighted by Crippen LogP contribution is -2.48. The van der Waals surface area contributed by atoms with Gasteiger partial charge in [-0.2, -0.15) is 0 Å². The van der Waals surface area contributed by atoms with Crippen LogP contribution in [0.4, 0.5) is 0 Å². The standard InChI is InChI=1S/C16H22ClNO/c17-14-4-2-13(3-5-14)16(8-1-9-16)12-18-10-6-15(19)7-11-18/h2-5,15,19H,1,6-12H2. The van der Waals surface area contributed by atoms with Crippen LogP contribution in [0.2, 0.25) is 5.02 Å². The number of likely N-dealkylation sites (tertiary alicyclic amines) is 1. The predicted octanol–water partition coefficient (Wildman–Crippen LogP) is 3.22. The molecule has 1 heterocycles. The van der Waals surface area contributed by atoms with Gasteiger partial charge in [-0.15, -0.1) is 0 Å². The largest absolute Gasteiger partial charge is 0.393 e. The Labute approximate surface area is 120 Å². The highest BCUT2D eigenvalue weighted by Gasteiger charge is 2.40. The molecule has 0 radical (unpaired) electrons. The summed E-state index contributed by atoms with van der Waals surface area (Å²) in [5, 5.41) is 10.4. The van der Waals surface area contributed by atoms with Gasteiger partial charge in [-0.05, 0) is 43.4 Å². The first-order valence-electron chi connectivity index (χ1n) is 7.34. The van der Waals surface area contributed by atoms with E-state index in [9.17, 15) is 5.11 Å². The van der Waals surface area contributed by atoms with Crippen molar-refractivity contribution in [3.05, 3.63) is 34.9 Å². The van der Waals surface area contributed by atoms with Gasteiger partial charge < -0.3 is 10.0 Å². The lowest BCUT2D eigenvalue weighted by molar-refractivity contribution is 0.0560. The molecule has 104 valence electrons. The number of rotatable bonds is 3. The van der Waals surface area contributed by atoms with Crippen LogP contribution >= 0.6 is 11.6 Å². The van der Waals surface area contributed by atoms with Crippen molar-refractivity contribution in [1.82, 2.24) is 4.90 Å². The van der Waals surface area contributed by atoms with E-state index >= 15 is 0 Å². The highest BCUT2D eigenvalue weighted by atomic mass is 35.5. The second-order valence-corrected chi connectivity index (χ2v) is 6.58. The summed E-state index contributed by atoms with van der Waals surface area (Å²) in [6.45, 7) is 3.22. The van der Waals surface area contributed by atoms with Crippen molar-refractivity contribution in [2.45, 2.75) is 43.6 Å². The van der Waals surface area contributed by atoms with Crippen molar-refractivity contribution in [3.63, 3.8) is 0 Å². The molecular weight excluding hydrogens is 258 g/mol. The van der Waals surface area contributed by atoms with E-state index < -0.39 is 0 Å². The monoisotopic (exact) mass is 279 g/mol. The van der Waals surface area contributed by atoms with E-state index in [-0.39, 0.29) is 6.10 Å². The molecule has 3 rings (SSSR count). The van der Waals surface area contributed by atoms with E-state index in [1.54, 1.807) is 0 Å². The molecule has 1 N–H and O–H groups in total. The van der Waals surface area contributed by atoms with E-state index in [4.69, 9.17) is 11.6 Å². The normalized spacial score (nSPS) is 24.1. The summed E-state index contributed by atoms with van der Waals surface area (Å²) < 4.78 is 0. The summed E-state index contributed by atoms with van der Waals surface area (Å²) in [6.07, 6.45) is 5.68. The number of benzene rings is 1. The van der Waals surface area contributed by atoms with Gasteiger partial charge in [0.05, 0.1) is 6.10 Å². The molecule has 2 fully saturated rings. The Hall–Kier alpha value is -0.570. The number of hydrogen-bond donors (Lipinski definition) is 1. The first kappa shape index (κ1) is 13.4. The Balaban J connectivity index is 1.71. The maximum Gasteiger partial charge on any atom is 0.0564 e. The molecule has 0 aromatic heterocycles. The molecule has 1 aromatic rings. The SMILES string of the molecule is OC1CCN(CC2(c3ccc(Cl)cc3)CCC2)CC1. The molecule has 19 heavy (non-hydrogen) atoms. The van der Waals surface area contributed by atoms with Crippen LogP contribution in [-0.4, -0.2) is 35.7 Å². The van der Waals surface area contributed by atoms with E-state index in [0.717, 1.165) is 37.5 Å². The molecule has 0 atom stereocenters. The second kappa shape index (κ2) is 5.43. The molecule has 1 saturated carbocycles. The highest BCUT2D eigenvalue weighted by molar-refractivity contribution is 6.30. The maximum atomic E-state index is 9.60. The highest BCUT2D eigenvalue weighted by Crippen LogP contribution is 2.44. The summed E-state index contributed by atoms with van der Waals surface area (Å²) in [7, 11) is 0. The van der Waals surface area contributed by atoms with Crippen LogP contribution in [0.15, 0.2) is 24.3 Å². The van der Waals surface area contributed by atoms with Crippen molar-refractivity contribution in [2.24, 2.45) is 0 Å². The van der Waals surface area contributed by atoms with Gasteiger partial charge in [0.2, 0.25) is 0 Å². The minimum atomic E-state index is -0.0795. The number of halogens is 1. The van der Waals surface area contributed by atoms with Crippen LogP contribution in [0.1, 0.15) is 37.7 Å². The fourth-order valence-electron chi connectivity index (χ4n) is 3.45. The van der Waals surface area contributed by atoms with Gasteiger partial charge in [0, 0.05) is 30.1 Å². The van der Waals surface area contributed by atoms with E-state index in [2.05, 4.69) is 17.0 Å². The average molecular weight is 280 g/mol. The Morgan fingerprint density at radius 1 is 1.16 bits per heavy atom. The molecule has 1 aromatic carbocycles. The second-order valence-electron chi connectivity index (χ2n) is 6.15. The smallest absolute Gasteiger partial charge is 0.0564 e. The lowest BCUT2D eigenvalue weighted by atomic mass is 9.64. The fourth-order valence-corrected chi connectivity index (χ4v) is 3.58. The van der Waals surface area contributed by atoms with E-state index in [0.29, 0.717) is 5.41 Å². The van der Waals surface area contributed by atoms with Gasteiger partial charge in [-0.1, -0.05) is 30.2 Å². The molecule has 2 nitrogen and oxygen atoms in total. The zero-order valence-electron chi connectivity index (χ0n) is 11.3. The quantitative estimate of drug-likeness (QED) is 0.918. The number of piperidine rings is 1. The maximum absolute atomic E-state index is 9.60. The first-order chi connectivity index (χ1) is 9.18. The van der Waals surface area contributed by atoms with Crippen molar-refractivity contribution >= 4 is 11.6 Å². The van der Waals surface area contributed by atoms with Crippen LogP contribution in [-0.2, 0) is 5.41 Å². The molecule has 0 unspecified atom stereocenters. The fraction of sp³-hybridized carbons (Fsp3) is 0.625. The minimum Gasteiger partial charge on any atom is -0.393 e. The summed E-state index contributed by atoms with van der Waals surface area (Å²) in [4.78, 5) is 2.53. The Kier molecular flexibility index (Phi) is 3.84. The van der Waals surface area contributed by atoms with Gasteiger partial charge in [0.1, 0.15) is 0 Å². The number of aliphatic hydroxyl groups excluding tert-OH is 1. The van der Waals surface area contributed by atoms with Gasteiger partial charge in [-0.3, -0.25) is 0 Å². The third-order valence-electron chi connectivity index (χ3n) is 4.85. The Bertz CT molecular complexity index is 419. The molecule has 3 heteroatoms. The van der Waals surface area contributed by atoms with Crippen molar-refractivity contribution in [2.75, 3.05) is 19.6 Å². The Morgan fingerprint density at radius 2 is 1.79 bits per heavy atom. The van der Waals surface area contributed by atoms with Crippen LogP contribution < -0.4 is 0 Å². The number of hydrogen-bond acceptors (Lipinski definition) is 2. The third-order valence-corrected chi connectivity index (χ3v) is 5.10. The van der Waals surface area contributed by atoms with E-state index in [1.165, 1.54) is 24.8 Å². The average Bonchev–Trinajstić information content (AvgIpc) is 2.37. The van der Waals surface area contributed by atoms with Crippen molar-refractivity contribution in [1.29, 1.82) is 0 Å². The summed E-state index contributed by atoms with van der Waals surface area (Å²) in [5.74, 6) is 0. The number of aliphatic hydroxyl groups is 1. The van der Waals surface area contributed by atoms with Gasteiger partial charge in [-0.25, -0.2) is 0 Å². The zero-order valence-corrected chi connectivity index (χ0v) is 12.1. The lowest BCUT2D eigenvalue weighted by Gasteiger charge is -2.47. The summed E-state index contributed by atoms with van der Waals surface area (Å²) >= 11 is 5.99. The van der Waals surface area contributed by atoms with E-state index in [1.807, 2.05) is 12.1 Å². The van der Waals surface area contributed by atoms with Gasteiger partial charge in [0.15, 0.2) is 0 Å². The molecule has 2 aliphatic rings. The minimum absolute atomic E-state index is 0.0795. The molecule has 0 amide bonds. The van der Waals surface area contributed by atoms with Crippen LogP contribution in [0.25, 0.3) is 0 Å². The van der Waals surface area contributed by atoms with Crippen LogP contribution in [0.5, 0.6) is 0 Å². The molecule has 1 aliphatic carbocycles. The summed E-state index contributed by atoms with van der Waals surface area (Å²) in [6, 6.07) is 8.41. The molecule has 1 aliphatic heterocycles. The van der Waals surface area contributed by atoms with Crippen LogP contribution in [0.3, 0.4) is 0 Å². The Morgan fingerprint density at radius 3 is 2.32 bits per heavy atom. The molecule has 0 bridgehead atoms. The van der Waals surface area contributed by atoms with Crippen molar-refractivity contribution < 1.29 is 5.11 Å². The van der Waals surface area contributed by atoms with Gasteiger partial charge >= 0.3 is 0 Å². The first-order valence-corrected chi connectivity index (χ1v) is 7.72.